The molecule has 2 atom stereocenters. The van der Waals surface area contributed by atoms with E-state index in [1.165, 1.54) is 32.0 Å². The van der Waals surface area contributed by atoms with Crippen LogP contribution in [0.1, 0.15) is 32.6 Å². The molecule has 0 spiro atoms. The van der Waals surface area contributed by atoms with Gasteiger partial charge in [-0.25, -0.2) is 0 Å². The van der Waals surface area contributed by atoms with Crippen LogP contribution in [0.5, 0.6) is 0 Å². The molecule has 0 aromatic rings. The summed E-state index contributed by atoms with van der Waals surface area (Å²) in [6, 6.07) is 0. The molecule has 0 amide bonds. The van der Waals surface area contributed by atoms with Crippen molar-refractivity contribution in [2.45, 2.75) is 32.6 Å². The van der Waals surface area contributed by atoms with Crippen LogP contribution in [-0.2, 0) is 4.79 Å². The second kappa shape index (κ2) is 1.84. The zero-order valence-corrected chi connectivity index (χ0v) is 6.47. The molecule has 1 nitrogen and oxygen atoms in total. The van der Waals surface area contributed by atoms with Gasteiger partial charge >= 0.3 is 0 Å². The highest BCUT2D eigenvalue weighted by molar-refractivity contribution is 5.65. The number of fused-ring (bicyclic) bond motifs is 1. The summed E-state index contributed by atoms with van der Waals surface area (Å²) in [5.74, 6) is 1.53. The van der Waals surface area contributed by atoms with E-state index in [9.17, 15) is 4.79 Å². The molecule has 2 fully saturated rings. The molecule has 0 aromatic heterocycles. The van der Waals surface area contributed by atoms with Crippen LogP contribution in [0.4, 0.5) is 0 Å². The molecule has 56 valence electrons. The SMILES string of the molecule is CC1(C=O)C2CCCCC21. The Bertz CT molecular complexity index is 150. The van der Waals surface area contributed by atoms with Gasteiger partial charge in [0.15, 0.2) is 0 Å². The molecule has 2 saturated carbocycles. The van der Waals surface area contributed by atoms with E-state index in [0.29, 0.717) is 0 Å². The molecule has 0 bridgehead atoms. The van der Waals surface area contributed by atoms with E-state index < -0.39 is 0 Å². The maximum atomic E-state index is 10.7. The van der Waals surface area contributed by atoms with Crippen molar-refractivity contribution >= 4 is 6.29 Å². The van der Waals surface area contributed by atoms with Crippen molar-refractivity contribution < 1.29 is 4.79 Å². The van der Waals surface area contributed by atoms with Gasteiger partial charge in [0.2, 0.25) is 0 Å². The Kier molecular flexibility index (Phi) is 1.17. The van der Waals surface area contributed by atoms with Gasteiger partial charge < -0.3 is 4.79 Å². The monoisotopic (exact) mass is 138 g/mol. The molecule has 2 unspecified atom stereocenters. The molecular formula is C9H14O. The molecule has 2 aliphatic carbocycles. The van der Waals surface area contributed by atoms with Crippen LogP contribution in [0.2, 0.25) is 0 Å². The topological polar surface area (TPSA) is 17.1 Å². The molecule has 0 aliphatic heterocycles. The van der Waals surface area contributed by atoms with Gasteiger partial charge in [-0.1, -0.05) is 19.8 Å². The number of hydrogen-bond acceptors (Lipinski definition) is 1. The third-order valence-electron chi connectivity index (χ3n) is 3.51. The van der Waals surface area contributed by atoms with Crippen molar-refractivity contribution in [3.63, 3.8) is 0 Å². The molecule has 2 rings (SSSR count). The molecule has 2 aliphatic rings. The second-order valence-electron chi connectivity index (χ2n) is 3.98. The van der Waals surface area contributed by atoms with Crippen molar-refractivity contribution in [3.8, 4) is 0 Å². The fraction of sp³-hybridized carbons (Fsp3) is 0.889. The van der Waals surface area contributed by atoms with Gasteiger partial charge in [0, 0.05) is 5.41 Å². The highest BCUT2D eigenvalue weighted by atomic mass is 16.1. The maximum Gasteiger partial charge on any atom is 0.126 e. The third-order valence-corrected chi connectivity index (χ3v) is 3.51. The van der Waals surface area contributed by atoms with Crippen LogP contribution in [0.25, 0.3) is 0 Å². The number of carbonyl (C=O) groups is 1. The van der Waals surface area contributed by atoms with E-state index >= 15 is 0 Å². The van der Waals surface area contributed by atoms with Crippen LogP contribution < -0.4 is 0 Å². The quantitative estimate of drug-likeness (QED) is 0.506. The minimum atomic E-state index is 0.108. The molecule has 0 radical (unpaired) electrons. The second-order valence-corrected chi connectivity index (χ2v) is 3.98. The minimum Gasteiger partial charge on any atom is -0.303 e. The third kappa shape index (κ3) is 0.609. The fourth-order valence-corrected chi connectivity index (χ4v) is 2.65. The summed E-state index contributed by atoms with van der Waals surface area (Å²) in [7, 11) is 0. The van der Waals surface area contributed by atoms with Crippen LogP contribution >= 0.6 is 0 Å². The van der Waals surface area contributed by atoms with E-state index in [2.05, 4.69) is 6.92 Å². The van der Waals surface area contributed by atoms with E-state index in [1.807, 2.05) is 0 Å². The summed E-state index contributed by atoms with van der Waals surface area (Å²) >= 11 is 0. The average molecular weight is 138 g/mol. The van der Waals surface area contributed by atoms with Crippen LogP contribution in [-0.4, -0.2) is 6.29 Å². The van der Waals surface area contributed by atoms with Gasteiger partial charge in [-0.2, -0.15) is 0 Å². The lowest BCUT2D eigenvalue weighted by Gasteiger charge is -2.04. The Morgan fingerprint density at radius 2 is 1.80 bits per heavy atom. The first kappa shape index (κ1) is 6.38. The lowest BCUT2D eigenvalue weighted by molar-refractivity contribution is -0.112. The van der Waals surface area contributed by atoms with Crippen LogP contribution in [0.15, 0.2) is 0 Å². The first-order chi connectivity index (χ1) is 4.79. The molecule has 0 aromatic carbocycles. The highest BCUT2D eigenvalue weighted by Gasteiger charge is 2.60. The number of hydrogen-bond donors (Lipinski definition) is 0. The first-order valence-electron chi connectivity index (χ1n) is 4.25. The molecule has 0 saturated heterocycles. The van der Waals surface area contributed by atoms with E-state index in [-0.39, 0.29) is 5.41 Å². The Balaban J connectivity index is 2.11. The smallest absolute Gasteiger partial charge is 0.126 e. The molecule has 10 heavy (non-hydrogen) atoms. The van der Waals surface area contributed by atoms with Crippen molar-refractivity contribution in [1.29, 1.82) is 0 Å². The highest BCUT2D eigenvalue weighted by Crippen LogP contribution is 2.63. The molecule has 0 heterocycles. The number of rotatable bonds is 1. The van der Waals surface area contributed by atoms with Gasteiger partial charge in [0.1, 0.15) is 6.29 Å². The molecule has 0 N–H and O–H groups in total. The Morgan fingerprint density at radius 3 is 2.20 bits per heavy atom. The lowest BCUT2D eigenvalue weighted by Crippen LogP contribution is -1.99. The summed E-state index contributed by atoms with van der Waals surface area (Å²) in [6.07, 6.45) is 6.50. The average Bonchev–Trinajstić information content (AvgIpc) is 2.60. The summed E-state index contributed by atoms with van der Waals surface area (Å²) in [5.41, 5.74) is 0.108. The van der Waals surface area contributed by atoms with E-state index in [1.54, 1.807) is 0 Å². The van der Waals surface area contributed by atoms with Gasteiger partial charge in [0.25, 0.3) is 0 Å². The predicted octanol–water partition coefficient (Wildman–Crippen LogP) is 2.01. The van der Waals surface area contributed by atoms with Crippen LogP contribution in [0, 0.1) is 17.3 Å². The summed E-state index contributed by atoms with van der Waals surface area (Å²) in [6.45, 7) is 2.13. The van der Waals surface area contributed by atoms with Crippen LogP contribution in [0.3, 0.4) is 0 Å². The maximum absolute atomic E-state index is 10.7. The zero-order chi connectivity index (χ0) is 7.19. The Morgan fingerprint density at radius 1 is 1.30 bits per heavy atom. The number of aldehydes is 1. The lowest BCUT2D eigenvalue weighted by atomic mass is 10.0. The van der Waals surface area contributed by atoms with Gasteiger partial charge in [-0.05, 0) is 24.7 Å². The van der Waals surface area contributed by atoms with Gasteiger partial charge in [0.05, 0.1) is 0 Å². The van der Waals surface area contributed by atoms with Gasteiger partial charge in [-0.15, -0.1) is 0 Å². The number of carbonyl (C=O) groups excluding carboxylic acids is 1. The van der Waals surface area contributed by atoms with Crippen molar-refractivity contribution in [3.05, 3.63) is 0 Å². The van der Waals surface area contributed by atoms with E-state index in [4.69, 9.17) is 0 Å². The minimum absolute atomic E-state index is 0.108. The Labute approximate surface area is 61.8 Å². The first-order valence-corrected chi connectivity index (χ1v) is 4.25. The molecule has 1 heteroatoms. The summed E-state index contributed by atoms with van der Waals surface area (Å²) < 4.78 is 0. The van der Waals surface area contributed by atoms with Crippen molar-refractivity contribution in [1.82, 2.24) is 0 Å². The standard InChI is InChI=1S/C9H14O/c1-9(6-10)7-4-2-3-5-8(7)9/h6-8H,2-5H2,1H3. The fourth-order valence-electron chi connectivity index (χ4n) is 2.65. The summed E-state index contributed by atoms with van der Waals surface area (Å²) in [4.78, 5) is 10.7. The molecular weight excluding hydrogens is 124 g/mol. The van der Waals surface area contributed by atoms with Crippen molar-refractivity contribution in [2.75, 3.05) is 0 Å². The summed E-state index contributed by atoms with van der Waals surface area (Å²) in [5, 5.41) is 0. The predicted molar refractivity (Wildman–Crippen MR) is 39.6 cm³/mol. The van der Waals surface area contributed by atoms with Gasteiger partial charge in [-0.3, -0.25) is 0 Å². The normalized spacial score (nSPS) is 51.7. The van der Waals surface area contributed by atoms with Crippen molar-refractivity contribution in [2.24, 2.45) is 17.3 Å². The Hall–Kier alpha value is -0.330. The zero-order valence-electron chi connectivity index (χ0n) is 6.47. The largest absolute Gasteiger partial charge is 0.303 e. The van der Waals surface area contributed by atoms with E-state index in [0.717, 1.165) is 11.8 Å².